The molecule has 1 fully saturated rings. The van der Waals surface area contributed by atoms with Crippen LogP contribution in [0, 0.1) is 18.3 Å². The van der Waals surface area contributed by atoms with Gasteiger partial charge in [0.25, 0.3) is 0 Å². The predicted octanol–water partition coefficient (Wildman–Crippen LogP) is 4.00. The number of halogens is 1. The molecule has 1 saturated heterocycles. The Labute approximate surface area is 170 Å². The van der Waals surface area contributed by atoms with E-state index < -0.39 is 0 Å². The Hall–Kier alpha value is -1.10. The van der Waals surface area contributed by atoms with Crippen molar-refractivity contribution in [3.63, 3.8) is 0 Å². The number of rotatable bonds is 7. The normalized spacial score (nSPS) is 17.7. The van der Waals surface area contributed by atoms with Crippen LogP contribution in [0.4, 0.5) is 0 Å². The molecule has 1 atom stereocenters. The van der Waals surface area contributed by atoms with Crippen molar-refractivity contribution < 1.29 is 4.79 Å². The van der Waals surface area contributed by atoms with Crippen molar-refractivity contribution in [3.8, 4) is 0 Å². The second-order valence-corrected chi connectivity index (χ2v) is 9.51. The highest BCUT2D eigenvalue weighted by atomic mass is 35.5. The first kappa shape index (κ1) is 22.2. The zero-order valence-electron chi connectivity index (χ0n) is 17.6. The van der Waals surface area contributed by atoms with E-state index in [1.807, 2.05) is 19.1 Å². The van der Waals surface area contributed by atoms with E-state index in [1.165, 1.54) is 0 Å². The molecule has 2 rings (SSSR count). The minimum absolute atomic E-state index is 0.147. The molecule has 0 aliphatic carbocycles. The zero-order chi connectivity index (χ0) is 20.0. The van der Waals surface area contributed by atoms with Gasteiger partial charge in [-0.15, -0.1) is 0 Å². The lowest BCUT2D eigenvalue weighted by Gasteiger charge is -2.38. The average molecular weight is 394 g/mol. The van der Waals surface area contributed by atoms with E-state index in [-0.39, 0.29) is 11.3 Å². The van der Waals surface area contributed by atoms with Gasteiger partial charge in [-0.25, -0.2) is 0 Å². The molecule has 1 aliphatic rings. The smallest absolute Gasteiger partial charge is 0.220 e. The van der Waals surface area contributed by atoms with Gasteiger partial charge in [-0.2, -0.15) is 0 Å². The molecule has 1 heterocycles. The SMILES string of the molecule is CNC(CN1CCC(CC(=O)NCc2cc(C)cc(Cl)c2)CC1)C(C)(C)C. The summed E-state index contributed by atoms with van der Waals surface area (Å²) in [6, 6.07) is 6.40. The van der Waals surface area contributed by atoms with Crippen molar-refractivity contribution in [2.75, 3.05) is 26.7 Å². The summed E-state index contributed by atoms with van der Waals surface area (Å²) in [5.41, 5.74) is 2.43. The number of piperidine rings is 1. The highest BCUT2D eigenvalue weighted by Gasteiger charge is 2.28. The van der Waals surface area contributed by atoms with E-state index in [0.717, 1.165) is 48.6 Å². The van der Waals surface area contributed by atoms with Crippen molar-refractivity contribution in [2.45, 2.75) is 59.5 Å². The quantitative estimate of drug-likeness (QED) is 0.735. The molecule has 27 heavy (non-hydrogen) atoms. The van der Waals surface area contributed by atoms with Crippen LogP contribution in [0.25, 0.3) is 0 Å². The van der Waals surface area contributed by atoms with Gasteiger partial charge in [0, 0.05) is 30.6 Å². The number of benzene rings is 1. The van der Waals surface area contributed by atoms with Gasteiger partial charge in [0.15, 0.2) is 0 Å². The number of nitrogens with zero attached hydrogens (tertiary/aromatic N) is 1. The second kappa shape index (κ2) is 9.90. The largest absolute Gasteiger partial charge is 0.352 e. The Balaban J connectivity index is 1.72. The molecule has 0 spiro atoms. The van der Waals surface area contributed by atoms with Crippen molar-refractivity contribution in [2.24, 2.45) is 11.3 Å². The number of carbonyl (C=O) groups excluding carboxylic acids is 1. The van der Waals surface area contributed by atoms with Crippen LogP contribution in [0.1, 0.15) is 51.2 Å². The van der Waals surface area contributed by atoms with Crippen LogP contribution in [-0.4, -0.2) is 43.5 Å². The molecule has 1 aromatic carbocycles. The molecule has 1 amide bonds. The summed E-state index contributed by atoms with van der Waals surface area (Å²) in [6.45, 7) is 12.7. The van der Waals surface area contributed by atoms with E-state index in [0.29, 0.717) is 24.9 Å². The molecular formula is C22H36ClN3O. The summed E-state index contributed by atoms with van der Waals surface area (Å²) in [5, 5.41) is 7.23. The van der Waals surface area contributed by atoms with Crippen LogP contribution in [0.15, 0.2) is 18.2 Å². The number of aryl methyl sites for hydroxylation is 1. The Morgan fingerprint density at radius 2 is 1.93 bits per heavy atom. The highest BCUT2D eigenvalue weighted by Crippen LogP contribution is 2.24. The fourth-order valence-electron chi connectivity index (χ4n) is 3.88. The van der Waals surface area contributed by atoms with Gasteiger partial charge < -0.3 is 15.5 Å². The Morgan fingerprint density at radius 3 is 2.48 bits per heavy atom. The van der Waals surface area contributed by atoms with Gasteiger partial charge in [0.05, 0.1) is 0 Å². The predicted molar refractivity (Wildman–Crippen MR) is 114 cm³/mol. The molecule has 5 heteroatoms. The number of likely N-dealkylation sites (N-methyl/N-ethyl adjacent to an activating group) is 1. The molecule has 0 radical (unpaired) electrons. The lowest BCUT2D eigenvalue weighted by Crippen LogP contribution is -2.49. The molecule has 152 valence electrons. The second-order valence-electron chi connectivity index (χ2n) is 9.07. The molecule has 0 saturated carbocycles. The van der Waals surface area contributed by atoms with Gasteiger partial charge >= 0.3 is 0 Å². The molecule has 2 N–H and O–H groups in total. The molecule has 1 aliphatic heterocycles. The Morgan fingerprint density at radius 1 is 1.26 bits per heavy atom. The van der Waals surface area contributed by atoms with Crippen LogP contribution in [0.3, 0.4) is 0 Å². The Kier molecular flexibility index (Phi) is 8.14. The van der Waals surface area contributed by atoms with Crippen molar-refractivity contribution in [1.29, 1.82) is 0 Å². The summed E-state index contributed by atoms with van der Waals surface area (Å²) >= 11 is 6.09. The molecule has 0 aromatic heterocycles. The van der Waals surface area contributed by atoms with Gasteiger partial charge in [0.1, 0.15) is 0 Å². The number of hydrogen-bond acceptors (Lipinski definition) is 3. The van der Waals surface area contributed by atoms with Gasteiger partial charge in [0.2, 0.25) is 5.91 Å². The topological polar surface area (TPSA) is 44.4 Å². The van der Waals surface area contributed by atoms with Crippen LogP contribution in [0.5, 0.6) is 0 Å². The maximum Gasteiger partial charge on any atom is 0.220 e. The number of carbonyl (C=O) groups is 1. The first-order valence-corrected chi connectivity index (χ1v) is 10.5. The summed E-state index contributed by atoms with van der Waals surface area (Å²) < 4.78 is 0. The summed E-state index contributed by atoms with van der Waals surface area (Å²) in [6.07, 6.45) is 2.83. The first-order valence-electron chi connectivity index (χ1n) is 10.1. The maximum absolute atomic E-state index is 12.3. The average Bonchev–Trinajstić information content (AvgIpc) is 2.57. The number of amides is 1. The summed E-state index contributed by atoms with van der Waals surface area (Å²) in [4.78, 5) is 14.9. The minimum atomic E-state index is 0.147. The van der Waals surface area contributed by atoms with Gasteiger partial charge in [-0.05, 0) is 74.5 Å². The third kappa shape index (κ3) is 7.44. The molecule has 4 nitrogen and oxygen atoms in total. The lowest BCUT2D eigenvalue weighted by atomic mass is 9.85. The van der Waals surface area contributed by atoms with Crippen molar-refractivity contribution in [1.82, 2.24) is 15.5 Å². The number of nitrogens with one attached hydrogen (secondary N) is 2. The number of likely N-dealkylation sites (tertiary alicyclic amines) is 1. The van der Waals surface area contributed by atoms with E-state index in [4.69, 9.17) is 11.6 Å². The first-order chi connectivity index (χ1) is 12.7. The molecule has 1 unspecified atom stereocenters. The van der Waals surface area contributed by atoms with Gasteiger partial charge in [-0.1, -0.05) is 38.4 Å². The monoisotopic (exact) mass is 393 g/mol. The van der Waals surface area contributed by atoms with E-state index in [1.54, 1.807) is 0 Å². The molecular weight excluding hydrogens is 358 g/mol. The fraction of sp³-hybridized carbons (Fsp3) is 0.682. The third-order valence-electron chi connectivity index (χ3n) is 5.61. The van der Waals surface area contributed by atoms with E-state index in [2.05, 4.69) is 49.4 Å². The fourth-order valence-corrected chi connectivity index (χ4v) is 4.19. The lowest BCUT2D eigenvalue weighted by molar-refractivity contribution is -0.122. The standard InChI is InChI=1S/C22H36ClN3O/c1-16-10-18(12-19(23)11-16)14-25-21(27)13-17-6-8-26(9-7-17)15-20(24-5)22(2,3)4/h10-12,17,20,24H,6-9,13-15H2,1-5H3,(H,25,27). The van der Waals surface area contributed by atoms with Crippen LogP contribution in [0.2, 0.25) is 5.02 Å². The highest BCUT2D eigenvalue weighted by molar-refractivity contribution is 6.30. The molecule has 0 bridgehead atoms. The molecule has 1 aromatic rings. The van der Waals surface area contributed by atoms with E-state index in [9.17, 15) is 4.79 Å². The van der Waals surface area contributed by atoms with Crippen LogP contribution >= 0.6 is 11.6 Å². The summed E-state index contributed by atoms with van der Waals surface area (Å²) in [5.74, 6) is 0.638. The number of hydrogen-bond donors (Lipinski definition) is 2. The zero-order valence-corrected chi connectivity index (χ0v) is 18.3. The summed E-state index contributed by atoms with van der Waals surface area (Å²) in [7, 11) is 2.05. The minimum Gasteiger partial charge on any atom is -0.352 e. The van der Waals surface area contributed by atoms with Crippen molar-refractivity contribution >= 4 is 17.5 Å². The Bertz CT molecular complexity index is 598. The van der Waals surface area contributed by atoms with E-state index >= 15 is 0 Å². The van der Waals surface area contributed by atoms with Crippen LogP contribution in [-0.2, 0) is 11.3 Å². The van der Waals surface area contributed by atoms with Crippen molar-refractivity contribution in [3.05, 3.63) is 34.3 Å². The maximum atomic E-state index is 12.3. The third-order valence-corrected chi connectivity index (χ3v) is 5.83. The van der Waals surface area contributed by atoms with Crippen LogP contribution < -0.4 is 10.6 Å². The van der Waals surface area contributed by atoms with Gasteiger partial charge in [-0.3, -0.25) is 4.79 Å².